The van der Waals surface area contributed by atoms with Gasteiger partial charge in [0.05, 0.1) is 18.9 Å². The average molecular weight is 364 g/mol. The summed E-state index contributed by atoms with van der Waals surface area (Å²) in [5, 5.41) is 2.41. The van der Waals surface area contributed by atoms with E-state index in [1.165, 1.54) is 26.0 Å². The van der Waals surface area contributed by atoms with Crippen molar-refractivity contribution >= 4 is 24.9 Å². The van der Waals surface area contributed by atoms with Crippen LogP contribution >= 0.6 is 7.60 Å². The predicted octanol–water partition coefficient (Wildman–Crippen LogP) is 3.58. The number of aliphatic imine (C=N–C) groups is 1. The highest BCUT2D eigenvalue weighted by Gasteiger charge is 2.55. The minimum atomic E-state index is -5.01. The summed E-state index contributed by atoms with van der Waals surface area (Å²) in [5.41, 5.74) is 0.0914. The molecule has 1 aliphatic rings. The number of rotatable bonds is 6. The van der Waals surface area contributed by atoms with Crippen molar-refractivity contribution in [2.24, 2.45) is 4.99 Å². The zero-order valence-corrected chi connectivity index (χ0v) is 13.9. The molecule has 1 heterocycles. The molecule has 24 heavy (non-hydrogen) atoms. The van der Waals surface area contributed by atoms with Gasteiger partial charge in [0.1, 0.15) is 5.71 Å². The minimum absolute atomic E-state index is 0.205. The van der Waals surface area contributed by atoms with Gasteiger partial charge in [0.25, 0.3) is 5.91 Å². The van der Waals surface area contributed by atoms with Gasteiger partial charge in [0, 0.05) is 5.56 Å². The van der Waals surface area contributed by atoms with Crippen LogP contribution in [0.5, 0.6) is 0 Å². The number of alkyl halides is 3. The molecule has 1 amide bonds. The van der Waals surface area contributed by atoms with Crippen LogP contribution in [0.25, 0.3) is 0 Å². The molecule has 0 fully saturated rings. The molecule has 132 valence electrons. The van der Waals surface area contributed by atoms with Crippen LogP contribution in [0.2, 0.25) is 0 Å². The molecule has 1 N–H and O–H groups in total. The van der Waals surface area contributed by atoms with Gasteiger partial charge in [-0.05, 0) is 19.9 Å². The summed E-state index contributed by atoms with van der Waals surface area (Å²) >= 11 is 0. The van der Waals surface area contributed by atoms with Crippen LogP contribution in [-0.2, 0) is 18.4 Å². The number of nitrogens with one attached hydrogen (secondary N) is 1. The van der Waals surface area contributed by atoms with E-state index in [1.54, 1.807) is 12.1 Å². The van der Waals surface area contributed by atoms with Gasteiger partial charge in [-0.2, -0.15) is 13.2 Å². The average Bonchev–Trinajstić information content (AvgIpc) is 2.79. The zero-order chi connectivity index (χ0) is 18.0. The lowest BCUT2D eigenvalue weighted by atomic mass is 10.1. The number of hydrogen-bond acceptors (Lipinski definition) is 5. The number of anilines is 1. The van der Waals surface area contributed by atoms with Crippen molar-refractivity contribution in [3.05, 3.63) is 29.8 Å². The van der Waals surface area contributed by atoms with E-state index >= 15 is 0 Å². The number of nitrogens with zero attached hydrogens (tertiary/aromatic N) is 1. The summed E-state index contributed by atoms with van der Waals surface area (Å²) in [7, 11) is -4.63. The van der Waals surface area contributed by atoms with Gasteiger partial charge < -0.3 is 14.4 Å². The number of benzene rings is 1. The molecule has 1 aromatic rings. The van der Waals surface area contributed by atoms with Gasteiger partial charge in [-0.1, -0.05) is 18.2 Å². The van der Waals surface area contributed by atoms with E-state index in [9.17, 15) is 22.5 Å². The predicted molar refractivity (Wildman–Crippen MR) is 82.3 cm³/mol. The molecule has 0 saturated heterocycles. The van der Waals surface area contributed by atoms with E-state index in [1.807, 2.05) is 0 Å². The summed E-state index contributed by atoms with van der Waals surface area (Å²) in [6.07, 6.45) is -5.01. The van der Waals surface area contributed by atoms with E-state index in [-0.39, 0.29) is 18.8 Å². The van der Waals surface area contributed by atoms with Crippen LogP contribution in [0.15, 0.2) is 29.3 Å². The molecule has 2 rings (SSSR count). The van der Waals surface area contributed by atoms with Gasteiger partial charge in [-0.25, -0.2) is 0 Å². The fourth-order valence-electron chi connectivity index (χ4n) is 2.21. The van der Waals surface area contributed by atoms with Crippen LogP contribution in [0.3, 0.4) is 0 Å². The number of carbonyl (C=O) groups excluding carboxylic acids is 1. The largest absolute Gasteiger partial charge is 0.422 e. The highest BCUT2D eigenvalue weighted by atomic mass is 31.2. The van der Waals surface area contributed by atoms with Crippen molar-refractivity contribution in [1.82, 2.24) is 0 Å². The second kappa shape index (κ2) is 7.04. The zero-order valence-electron chi connectivity index (χ0n) is 13.0. The lowest BCUT2D eigenvalue weighted by Gasteiger charge is -2.25. The number of amides is 1. The number of para-hydroxylation sites is 1. The van der Waals surface area contributed by atoms with Crippen molar-refractivity contribution in [2.75, 3.05) is 18.5 Å². The van der Waals surface area contributed by atoms with Crippen LogP contribution in [0.1, 0.15) is 19.4 Å². The lowest BCUT2D eigenvalue weighted by molar-refractivity contribution is -0.133. The van der Waals surface area contributed by atoms with Crippen molar-refractivity contribution < 1.29 is 31.6 Å². The first kappa shape index (κ1) is 18.6. The number of carbonyl (C=O) groups is 1. The maximum Gasteiger partial charge on any atom is 0.422 e. The number of fused-ring (bicyclic) bond motifs is 1. The molecule has 10 heteroatoms. The Morgan fingerprint density at radius 2 is 1.79 bits per heavy atom. The van der Waals surface area contributed by atoms with Crippen LogP contribution in [0, 0.1) is 0 Å². The van der Waals surface area contributed by atoms with Gasteiger partial charge in [-0.15, -0.1) is 0 Å². The molecule has 0 spiro atoms. The Kier molecular flexibility index (Phi) is 5.47. The highest BCUT2D eigenvalue weighted by molar-refractivity contribution is 7.54. The minimum Gasteiger partial charge on any atom is -0.320 e. The topological polar surface area (TPSA) is 77.0 Å². The standard InChI is InChI=1S/C14H16F3N2O4P/c1-3-22-24(21,23-4-2)13(14(15,16)17)19-11-9-7-5-6-8-10(9)18-12(11)20/h5-8,13H,3-4H2,1-2H3,(H,18,19,20). The molecule has 6 nitrogen and oxygen atoms in total. The van der Waals surface area contributed by atoms with Gasteiger partial charge in [-0.3, -0.25) is 14.4 Å². The molecule has 1 aromatic carbocycles. The summed E-state index contributed by atoms with van der Waals surface area (Å²) in [4.78, 5) is 15.4. The molecule has 0 aliphatic carbocycles. The first-order chi connectivity index (χ1) is 11.2. The second-order valence-corrected chi connectivity index (χ2v) is 6.85. The maximum atomic E-state index is 13.4. The molecule has 0 bridgehead atoms. The fourth-order valence-corrected chi connectivity index (χ4v) is 3.91. The summed E-state index contributed by atoms with van der Waals surface area (Å²) in [6, 6.07) is 6.16. The highest BCUT2D eigenvalue weighted by Crippen LogP contribution is 2.58. The molecule has 0 aromatic heterocycles. The molecule has 1 unspecified atom stereocenters. The number of hydrogen-bond donors (Lipinski definition) is 1. The van der Waals surface area contributed by atoms with Gasteiger partial charge >= 0.3 is 13.8 Å². The Balaban J connectivity index is 2.54. The molecule has 1 aliphatic heterocycles. The van der Waals surface area contributed by atoms with Gasteiger partial charge in [0.2, 0.25) is 5.78 Å². The lowest BCUT2D eigenvalue weighted by Crippen LogP contribution is -2.31. The third-order valence-corrected chi connectivity index (χ3v) is 5.35. The van der Waals surface area contributed by atoms with Crippen molar-refractivity contribution in [3.8, 4) is 0 Å². The van der Waals surface area contributed by atoms with Crippen LogP contribution in [0.4, 0.5) is 18.9 Å². The van der Waals surface area contributed by atoms with E-state index < -0.39 is 31.2 Å². The SMILES string of the molecule is CCOP(=O)(OCC)C(/N=C1\C(=O)Nc2ccccc21)C(F)(F)F. The van der Waals surface area contributed by atoms with Crippen molar-refractivity contribution in [3.63, 3.8) is 0 Å². The van der Waals surface area contributed by atoms with Crippen LogP contribution in [-0.4, -0.2) is 36.8 Å². The molecule has 0 saturated carbocycles. The Hall–Kier alpha value is -1.70. The number of halogens is 3. The Labute approximate surface area is 136 Å². The molecule has 1 atom stereocenters. The summed E-state index contributed by atoms with van der Waals surface area (Å²) in [5.74, 6) is -3.58. The quantitative estimate of drug-likeness (QED) is 0.783. The third-order valence-electron chi connectivity index (χ3n) is 3.11. The normalized spacial score (nSPS) is 17.7. The third kappa shape index (κ3) is 3.68. The summed E-state index contributed by atoms with van der Waals surface area (Å²) in [6.45, 7) is 2.28. The van der Waals surface area contributed by atoms with Crippen molar-refractivity contribution in [2.45, 2.75) is 25.8 Å². The monoisotopic (exact) mass is 364 g/mol. The van der Waals surface area contributed by atoms with E-state index in [4.69, 9.17) is 9.05 Å². The maximum absolute atomic E-state index is 13.4. The second-order valence-electron chi connectivity index (χ2n) is 4.77. The smallest absolute Gasteiger partial charge is 0.320 e. The fraction of sp³-hybridized carbons (Fsp3) is 0.429. The molecule has 0 radical (unpaired) electrons. The molecular weight excluding hydrogens is 348 g/mol. The summed E-state index contributed by atoms with van der Waals surface area (Å²) < 4.78 is 62.4. The van der Waals surface area contributed by atoms with E-state index in [0.717, 1.165) is 0 Å². The van der Waals surface area contributed by atoms with Crippen LogP contribution < -0.4 is 5.32 Å². The van der Waals surface area contributed by atoms with Crippen molar-refractivity contribution in [1.29, 1.82) is 0 Å². The Bertz CT molecular complexity index is 696. The first-order valence-corrected chi connectivity index (χ1v) is 8.78. The Morgan fingerprint density at radius 1 is 1.21 bits per heavy atom. The van der Waals surface area contributed by atoms with Gasteiger partial charge in [0.15, 0.2) is 0 Å². The van der Waals surface area contributed by atoms with E-state index in [2.05, 4.69) is 10.3 Å². The van der Waals surface area contributed by atoms with E-state index in [0.29, 0.717) is 5.69 Å². The Morgan fingerprint density at radius 3 is 2.33 bits per heavy atom. The first-order valence-electron chi connectivity index (χ1n) is 7.17. The molecular formula is C14H16F3N2O4P.